The summed E-state index contributed by atoms with van der Waals surface area (Å²) in [6.07, 6.45) is 1.66. The Hall–Kier alpha value is -2.14. The Balaban J connectivity index is 1.90. The molecule has 2 heterocycles. The number of benzene rings is 1. The highest BCUT2D eigenvalue weighted by Gasteiger charge is 2.29. The summed E-state index contributed by atoms with van der Waals surface area (Å²) >= 11 is 0. The van der Waals surface area contributed by atoms with E-state index in [1.807, 2.05) is 23.1 Å². The zero-order chi connectivity index (χ0) is 13.9. The average molecular weight is 270 g/mol. The molecule has 1 aliphatic rings. The lowest BCUT2D eigenvalue weighted by Gasteiger charge is -2.36. The summed E-state index contributed by atoms with van der Waals surface area (Å²) in [7, 11) is 1.80. The molecule has 1 atom stereocenters. The van der Waals surface area contributed by atoms with Crippen molar-refractivity contribution in [1.29, 1.82) is 0 Å². The van der Waals surface area contributed by atoms with Crippen LogP contribution in [0.4, 0.5) is 0 Å². The second-order valence-corrected chi connectivity index (χ2v) is 4.97. The Morgan fingerprint density at radius 2 is 2.10 bits per heavy atom. The van der Waals surface area contributed by atoms with Crippen molar-refractivity contribution in [3.05, 3.63) is 53.9 Å². The van der Waals surface area contributed by atoms with Crippen LogP contribution in [-0.2, 0) is 7.05 Å². The van der Waals surface area contributed by atoms with E-state index in [9.17, 15) is 4.79 Å². The minimum Gasteiger partial charge on any atom is -0.328 e. The number of amides is 1. The summed E-state index contributed by atoms with van der Waals surface area (Å²) in [5, 5.41) is 7.45. The molecular formula is C15H18N4O. The van der Waals surface area contributed by atoms with Gasteiger partial charge in [0.1, 0.15) is 5.69 Å². The van der Waals surface area contributed by atoms with Crippen molar-refractivity contribution in [2.24, 2.45) is 7.05 Å². The highest BCUT2D eigenvalue weighted by molar-refractivity contribution is 5.92. The van der Waals surface area contributed by atoms with Crippen LogP contribution in [0.2, 0.25) is 0 Å². The van der Waals surface area contributed by atoms with Gasteiger partial charge in [-0.25, -0.2) is 0 Å². The molecule has 20 heavy (non-hydrogen) atoms. The second kappa shape index (κ2) is 5.46. The SMILES string of the molecule is Cn1nccc1C(=O)N1CCNC[C@@H]1c1ccccc1. The first kappa shape index (κ1) is 12.9. The summed E-state index contributed by atoms with van der Waals surface area (Å²) in [6, 6.07) is 12.0. The van der Waals surface area contributed by atoms with Crippen molar-refractivity contribution >= 4 is 5.91 Å². The number of hydrogen-bond acceptors (Lipinski definition) is 3. The van der Waals surface area contributed by atoms with Crippen LogP contribution in [0.15, 0.2) is 42.6 Å². The average Bonchev–Trinajstić information content (AvgIpc) is 2.93. The minimum atomic E-state index is 0.0420. The fraction of sp³-hybridized carbons (Fsp3) is 0.333. The number of aryl methyl sites for hydroxylation is 1. The van der Waals surface area contributed by atoms with Gasteiger partial charge >= 0.3 is 0 Å². The van der Waals surface area contributed by atoms with Crippen molar-refractivity contribution in [3.8, 4) is 0 Å². The van der Waals surface area contributed by atoms with Crippen molar-refractivity contribution in [2.75, 3.05) is 19.6 Å². The Labute approximate surface area is 118 Å². The van der Waals surface area contributed by atoms with E-state index in [0.717, 1.165) is 18.7 Å². The van der Waals surface area contributed by atoms with Crippen molar-refractivity contribution in [3.63, 3.8) is 0 Å². The number of rotatable bonds is 2. The molecule has 0 aliphatic carbocycles. The molecule has 1 saturated heterocycles. The van der Waals surface area contributed by atoms with Gasteiger partial charge in [-0.2, -0.15) is 5.10 Å². The Kier molecular flexibility index (Phi) is 3.52. The third-order valence-electron chi connectivity index (χ3n) is 3.73. The molecule has 104 valence electrons. The summed E-state index contributed by atoms with van der Waals surface area (Å²) in [5.74, 6) is 0.0420. The molecule has 2 aromatic rings. The van der Waals surface area contributed by atoms with Gasteiger partial charge in [-0.15, -0.1) is 0 Å². The molecule has 0 bridgehead atoms. The Morgan fingerprint density at radius 3 is 2.80 bits per heavy atom. The Bertz CT molecular complexity index is 593. The van der Waals surface area contributed by atoms with E-state index in [0.29, 0.717) is 12.2 Å². The smallest absolute Gasteiger partial charge is 0.272 e. The molecule has 1 amide bonds. The lowest BCUT2D eigenvalue weighted by molar-refractivity contribution is 0.0623. The van der Waals surface area contributed by atoms with E-state index in [-0.39, 0.29) is 11.9 Å². The monoisotopic (exact) mass is 270 g/mol. The van der Waals surface area contributed by atoms with E-state index in [1.54, 1.807) is 24.0 Å². The van der Waals surface area contributed by atoms with E-state index in [2.05, 4.69) is 22.5 Å². The van der Waals surface area contributed by atoms with Crippen LogP contribution in [0.5, 0.6) is 0 Å². The maximum Gasteiger partial charge on any atom is 0.272 e. The molecule has 1 N–H and O–H groups in total. The van der Waals surface area contributed by atoms with Crippen LogP contribution in [0, 0.1) is 0 Å². The summed E-state index contributed by atoms with van der Waals surface area (Å²) < 4.78 is 1.63. The molecule has 0 spiro atoms. The van der Waals surface area contributed by atoms with E-state index < -0.39 is 0 Å². The van der Waals surface area contributed by atoms with Gasteiger partial charge in [0, 0.05) is 32.9 Å². The molecule has 3 rings (SSSR count). The number of carbonyl (C=O) groups is 1. The molecule has 0 saturated carbocycles. The first-order valence-electron chi connectivity index (χ1n) is 6.82. The van der Waals surface area contributed by atoms with Crippen LogP contribution < -0.4 is 5.32 Å². The number of hydrogen-bond donors (Lipinski definition) is 1. The first-order valence-corrected chi connectivity index (χ1v) is 6.82. The maximum absolute atomic E-state index is 12.7. The summed E-state index contributed by atoms with van der Waals surface area (Å²) in [5.41, 5.74) is 1.79. The van der Waals surface area contributed by atoms with Crippen LogP contribution in [0.3, 0.4) is 0 Å². The van der Waals surface area contributed by atoms with Gasteiger partial charge in [0.25, 0.3) is 5.91 Å². The number of aromatic nitrogens is 2. The predicted octanol–water partition coefficient (Wildman–Crippen LogP) is 1.21. The molecule has 5 heteroatoms. The topological polar surface area (TPSA) is 50.2 Å². The highest BCUT2D eigenvalue weighted by atomic mass is 16.2. The fourth-order valence-corrected chi connectivity index (χ4v) is 2.65. The molecule has 1 fully saturated rings. The van der Waals surface area contributed by atoms with Gasteiger partial charge in [0.05, 0.1) is 6.04 Å². The third kappa shape index (κ3) is 2.32. The van der Waals surface area contributed by atoms with Crippen molar-refractivity contribution in [1.82, 2.24) is 20.0 Å². The highest BCUT2D eigenvalue weighted by Crippen LogP contribution is 2.23. The van der Waals surface area contributed by atoms with E-state index in [4.69, 9.17) is 0 Å². The van der Waals surface area contributed by atoms with Gasteiger partial charge in [-0.1, -0.05) is 30.3 Å². The zero-order valence-corrected chi connectivity index (χ0v) is 11.5. The number of piperazine rings is 1. The van der Waals surface area contributed by atoms with E-state index in [1.165, 1.54) is 0 Å². The molecule has 0 unspecified atom stereocenters. The Morgan fingerprint density at radius 1 is 1.30 bits per heavy atom. The van der Waals surface area contributed by atoms with Crippen LogP contribution >= 0.6 is 0 Å². The number of nitrogens with one attached hydrogen (secondary N) is 1. The molecule has 1 aromatic carbocycles. The van der Waals surface area contributed by atoms with Gasteiger partial charge in [0.2, 0.25) is 0 Å². The minimum absolute atomic E-state index is 0.0420. The van der Waals surface area contributed by atoms with E-state index >= 15 is 0 Å². The maximum atomic E-state index is 12.7. The quantitative estimate of drug-likeness (QED) is 0.892. The largest absolute Gasteiger partial charge is 0.328 e. The van der Waals surface area contributed by atoms with Crippen LogP contribution in [-0.4, -0.2) is 40.2 Å². The normalized spacial score (nSPS) is 19.1. The first-order chi connectivity index (χ1) is 9.77. The molecular weight excluding hydrogens is 252 g/mol. The van der Waals surface area contributed by atoms with Crippen LogP contribution in [0.25, 0.3) is 0 Å². The third-order valence-corrected chi connectivity index (χ3v) is 3.73. The van der Waals surface area contributed by atoms with Gasteiger partial charge < -0.3 is 10.2 Å². The lowest BCUT2D eigenvalue weighted by Crippen LogP contribution is -2.49. The standard InChI is InChI=1S/C15H18N4O/c1-18-13(7-8-17-18)15(20)19-10-9-16-11-14(19)12-5-3-2-4-6-12/h2-8,14,16H,9-11H2,1H3/t14-/m1/s1. The van der Waals surface area contributed by atoms with Gasteiger partial charge in [0.15, 0.2) is 0 Å². The molecule has 0 radical (unpaired) electrons. The zero-order valence-electron chi connectivity index (χ0n) is 11.5. The van der Waals surface area contributed by atoms with Crippen molar-refractivity contribution in [2.45, 2.75) is 6.04 Å². The molecule has 1 aromatic heterocycles. The molecule has 1 aliphatic heterocycles. The van der Waals surface area contributed by atoms with Crippen molar-refractivity contribution < 1.29 is 4.79 Å². The molecule has 5 nitrogen and oxygen atoms in total. The summed E-state index contributed by atoms with van der Waals surface area (Å²) in [6.45, 7) is 2.32. The predicted molar refractivity (Wildman–Crippen MR) is 76.3 cm³/mol. The summed E-state index contributed by atoms with van der Waals surface area (Å²) in [4.78, 5) is 14.6. The second-order valence-electron chi connectivity index (χ2n) is 4.97. The van der Waals surface area contributed by atoms with Gasteiger partial charge in [-0.05, 0) is 11.6 Å². The number of nitrogens with zero attached hydrogens (tertiary/aromatic N) is 3. The lowest BCUT2D eigenvalue weighted by atomic mass is 10.0. The van der Waals surface area contributed by atoms with Gasteiger partial charge in [-0.3, -0.25) is 9.48 Å². The number of carbonyl (C=O) groups excluding carboxylic acids is 1. The van der Waals surface area contributed by atoms with Crippen LogP contribution in [0.1, 0.15) is 22.1 Å². The fourth-order valence-electron chi connectivity index (χ4n) is 2.65.